The quantitative estimate of drug-likeness (QED) is 0.579. The van der Waals surface area contributed by atoms with Gasteiger partial charge in [-0.05, 0) is 39.4 Å². The summed E-state index contributed by atoms with van der Waals surface area (Å²) in [6.45, 7) is 10.8. The maximum Gasteiger partial charge on any atom is 0.410 e. The smallest absolute Gasteiger partial charge is 0.410 e. The number of rotatable bonds is 3. The molecule has 8 heteroatoms. The molecule has 3 N–H and O–H groups in total. The summed E-state index contributed by atoms with van der Waals surface area (Å²) in [5.41, 5.74) is 1.45. The van der Waals surface area contributed by atoms with E-state index in [1.807, 2.05) is 20.8 Å². The lowest BCUT2D eigenvalue weighted by Gasteiger charge is -2.29. The number of H-pyrrole nitrogens is 1. The summed E-state index contributed by atoms with van der Waals surface area (Å²) in [5.74, 6) is 0.699. The maximum atomic E-state index is 12.1. The van der Waals surface area contributed by atoms with Gasteiger partial charge in [-0.25, -0.2) is 4.79 Å². The minimum Gasteiger partial charge on any atom is -0.444 e. The number of nitrogens with one attached hydrogen (secondary N) is 3. The molecule has 126 valence electrons. The van der Waals surface area contributed by atoms with Crippen LogP contribution in [0.15, 0.2) is 12.7 Å². The standard InChI is InChI=1S/C15H23N5O2S/c1-5-7-16-13(23)17-12-10-6-8-20(9-11(10)18-19-12)14(21)22-15(2,3)4/h5H,1,6-9H2,2-4H3,(H3,16,17,18,19,23). The molecule has 0 atom stereocenters. The SMILES string of the molecule is C=CCNC(=S)Nc1n[nH]c2c1CCN(C(=O)OC(C)(C)C)C2. The van der Waals surface area contributed by atoms with E-state index in [0.29, 0.717) is 37.0 Å². The average Bonchev–Trinajstić information content (AvgIpc) is 2.85. The predicted octanol–water partition coefficient (Wildman–Crippen LogP) is 2.18. The minimum atomic E-state index is -0.499. The van der Waals surface area contributed by atoms with Gasteiger partial charge in [0.05, 0.1) is 12.2 Å². The third-order valence-electron chi connectivity index (χ3n) is 3.22. The molecule has 0 radical (unpaired) electrons. The molecule has 2 rings (SSSR count). The van der Waals surface area contributed by atoms with E-state index in [0.717, 1.165) is 11.3 Å². The lowest BCUT2D eigenvalue weighted by Crippen LogP contribution is -2.40. The topological polar surface area (TPSA) is 82.3 Å². The first-order chi connectivity index (χ1) is 10.8. The van der Waals surface area contributed by atoms with Crippen molar-refractivity contribution in [1.82, 2.24) is 20.4 Å². The molecule has 7 nitrogen and oxygen atoms in total. The van der Waals surface area contributed by atoms with Crippen molar-refractivity contribution < 1.29 is 9.53 Å². The molecule has 1 aromatic heterocycles. The van der Waals surface area contributed by atoms with E-state index in [1.54, 1.807) is 11.0 Å². The van der Waals surface area contributed by atoms with Crippen molar-refractivity contribution in [2.24, 2.45) is 0 Å². The molecule has 1 aliphatic rings. The van der Waals surface area contributed by atoms with Gasteiger partial charge in [-0.2, -0.15) is 5.10 Å². The van der Waals surface area contributed by atoms with Crippen LogP contribution >= 0.6 is 12.2 Å². The number of ether oxygens (including phenoxy) is 1. The van der Waals surface area contributed by atoms with Crippen LogP contribution < -0.4 is 10.6 Å². The van der Waals surface area contributed by atoms with Crippen LogP contribution in [0.4, 0.5) is 10.6 Å². The Morgan fingerprint density at radius 2 is 2.30 bits per heavy atom. The number of hydrogen-bond acceptors (Lipinski definition) is 4. The molecule has 1 aromatic rings. The largest absolute Gasteiger partial charge is 0.444 e. The number of thiocarbonyl (C=S) groups is 1. The predicted molar refractivity (Wildman–Crippen MR) is 93.4 cm³/mol. The zero-order valence-electron chi connectivity index (χ0n) is 13.7. The number of anilines is 1. The van der Waals surface area contributed by atoms with Gasteiger partial charge in [0, 0.05) is 18.7 Å². The molecule has 0 spiro atoms. The molecule has 0 saturated carbocycles. The molecule has 23 heavy (non-hydrogen) atoms. The monoisotopic (exact) mass is 337 g/mol. The Morgan fingerprint density at radius 1 is 1.57 bits per heavy atom. The van der Waals surface area contributed by atoms with Crippen molar-refractivity contribution in [3.05, 3.63) is 23.9 Å². The summed E-state index contributed by atoms with van der Waals surface area (Å²) in [4.78, 5) is 13.8. The minimum absolute atomic E-state index is 0.310. The Kier molecular flexibility index (Phi) is 5.25. The lowest BCUT2D eigenvalue weighted by atomic mass is 10.1. The van der Waals surface area contributed by atoms with E-state index in [-0.39, 0.29) is 6.09 Å². The Morgan fingerprint density at radius 3 is 2.96 bits per heavy atom. The summed E-state index contributed by atoms with van der Waals surface area (Å²) < 4.78 is 5.40. The lowest BCUT2D eigenvalue weighted by molar-refractivity contribution is 0.0221. The molecular formula is C15H23N5O2S. The van der Waals surface area contributed by atoms with E-state index in [2.05, 4.69) is 27.4 Å². The third kappa shape index (κ3) is 4.69. The first kappa shape index (κ1) is 17.3. The van der Waals surface area contributed by atoms with Gasteiger partial charge >= 0.3 is 6.09 Å². The van der Waals surface area contributed by atoms with Gasteiger partial charge in [0.15, 0.2) is 10.9 Å². The third-order valence-corrected chi connectivity index (χ3v) is 3.47. The van der Waals surface area contributed by atoms with Gasteiger partial charge in [0.25, 0.3) is 0 Å². The van der Waals surface area contributed by atoms with Crippen LogP contribution in [0, 0.1) is 0 Å². The highest BCUT2D eigenvalue weighted by atomic mass is 32.1. The molecule has 0 unspecified atom stereocenters. The van der Waals surface area contributed by atoms with Gasteiger partial charge in [-0.15, -0.1) is 6.58 Å². The van der Waals surface area contributed by atoms with E-state index >= 15 is 0 Å². The van der Waals surface area contributed by atoms with Gasteiger partial charge < -0.3 is 20.3 Å². The fourth-order valence-corrected chi connectivity index (χ4v) is 2.40. The molecule has 1 aliphatic heterocycles. The highest BCUT2D eigenvalue weighted by Gasteiger charge is 2.28. The fraction of sp³-hybridized carbons (Fsp3) is 0.533. The van der Waals surface area contributed by atoms with Crippen molar-refractivity contribution in [3.63, 3.8) is 0 Å². The number of hydrogen-bond donors (Lipinski definition) is 3. The Balaban J connectivity index is 1.99. The molecule has 0 aromatic carbocycles. The first-order valence-electron chi connectivity index (χ1n) is 7.50. The van der Waals surface area contributed by atoms with Crippen LogP contribution in [-0.4, -0.2) is 45.0 Å². The Labute approximate surface area is 141 Å². The number of fused-ring (bicyclic) bond motifs is 1. The van der Waals surface area contributed by atoms with Crippen LogP contribution in [-0.2, 0) is 17.7 Å². The highest BCUT2D eigenvalue weighted by molar-refractivity contribution is 7.80. The number of aromatic amines is 1. The van der Waals surface area contributed by atoms with Gasteiger partial charge in [0.1, 0.15) is 5.60 Å². The maximum absolute atomic E-state index is 12.1. The Bertz CT molecular complexity index is 605. The van der Waals surface area contributed by atoms with Gasteiger partial charge in [-0.1, -0.05) is 6.08 Å². The molecule has 0 aliphatic carbocycles. The van der Waals surface area contributed by atoms with E-state index < -0.39 is 5.60 Å². The summed E-state index contributed by atoms with van der Waals surface area (Å²) in [6.07, 6.45) is 2.11. The number of carbonyl (C=O) groups excluding carboxylic acids is 1. The molecular weight excluding hydrogens is 314 g/mol. The number of aromatic nitrogens is 2. The van der Waals surface area contributed by atoms with Crippen molar-refractivity contribution in [1.29, 1.82) is 0 Å². The molecule has 0 saturated heterocycles. The second-order valence-electron chi connectivity index (χ2n) is 6.30. The number of carbonyl (C=O) groups is 1. The molecule has 2 heterocycles. The van der Waals surface area contributed by atoms with Crippen molar-refractivity contribution >= 4 is 29.2 Å². The Hall–Kier alpha value is -2.09. The van der Waals surface area contributed by atoms with Crippen molar-refractivity contribution in [3.8, 4) is 0 Å². The highest BCUT2D eigenvalue weighted by Crippen LogP contribution is 2.24. The zero-order valence-corrected chi connectivity index (χ0v) is 14.5. The van der Waals surface area contributed by atoms with Crippen LogP contribution in [0.25, 0.3) is 0 Å². The fourth-order valence-electron chi connectivity index (χ4n) is 2.22. The summed E-state index contributed by atoms with van der Waals surface area (Å²) in [7, 11) is 0. The summed E-state index contributed by atoms with van der Waals surface area (Å²) >= 11 is 5.19. The van der Waals surface area contributed by atoms with Crippen molar-refractivity contribution in [2.45, 2.75) is 39.3 Å². The second kappa shape index (κ2) is 6.99. The van der Waals surface area contributed by atoms with Crippen LogP contribution in [0.1, 0.15) is 32.0 Å². The number of nitrogens with zero attached hydrogens (tertiary/aromatic N) is 2. The second-order valence-corrected chi connectivity index (χ2v) is 6.71. The van der Waals surface area contributed by atoms with Crippen LogP contribution in [0.2, 0.25) is 0 Å². The van der Waals surface area contributed by atoms with Gasteiger partial charge in [0.2, 0.25) is 0 Å². The summed E-state index contributed by atoms with van der Waals surface area (Å²) in [5, 5.41) is 13.8. The van der Waals surface area contributed by atoms with Crippen molar-refractivity contribution in [2.75, 3.05) is 18.4 Å². The van der Waals surface area contributed by atoms with Gasteiger partial charge in [-0.3, -0.25) is 5.10 Å². The first-order valence-corrected chi connectivity index (χ1v) is 7.91. The van der Waals surface area contributed by atoms with E-state index in [9.17, 15) is 4.79 Å². The van der Waals surface area contributed by atoms with E-state index in [1.165, 1.54) is 0 Å². The van der Waals surface area contributed by atoms with Crippen LogP contribution in [0.3, 0.4) is 0 Å². The van der Waals surface area contributed by atoms with E-state index in [4.69, 9.17) is 17.0 Å². The molecule has 1 amide bonds. The number of amides is 1. The van der Waals surface area contributed by atoms with Crippen LogP contribution in [0.5, 0.6) is 0 Å². The molecule has 0 fully saturated rings. The summed E-state index contributed by atoms with van der Waals surface area (Å²) in [6, 6.07) is 0. The normalized spacial score (nSPS) is 14.0. The average molecular weight is 337 g/mol. The zero-order chi connectivity index (χ0) is 17.0. The molecule has 0 bridgehead atoms.